The first-order valence-electron chi connectivity index (χ1n) is 11.0. The lowest BCUT2D eigenvalue weighted by atomic mass is 10.2. The van der Waals surface area contributed by atoms with Crippen LogP contribution in [0.3, 0.4) is 0 Å². The summed E-state index contributed by atoms with van der Waals surface area (Å²) >= 11 is 13.8. The molecule has 194 valence electrons. The number of aromatic nitrogens is 3. The van der Waals surface area contributed by atoms with Gasteiger partial charge in [0.25, 0.3) is 0 Å². The fourth-order valence-electron chi connectivity index (χ4n) is 3.71. The summed E-state index contributed by atoms with van der Waals surface area (Å²) in [7, 11) is 0. The van der Waals surface area contributed by atoms with Crippen molar-refractivity contribution < 1.29 is 23.0 Å². The number of aliphatic hydroxyl groups is 1. The van der Waals surface area contributed by atoms with Crippen LogP contribution in [0, 0.1) is 0 Å². The first-order valence-corrected chi connectivity index (χ1v) is 12.6. The Morgan fingerprint density at radius 2 is 1.78 bits per heavy atom. The van der Waals surface area contributed by atoms with Crippen LogP contribution in [0.5, 0.6) is 0 Å². The molecule has 2 aromatic carbocycles. The SMILES string of the molecule is OCC1CN(c2nc(Nc3ccc(C(F)(F)F)cc3)c3nc(Nc4c(Cl)cccc4Cl)sc3n2)CCO1. The van der Waals surface area contributed by atoms with E-state index in [2.05, 4.69) is 25.6 Å². The number of ether oxygens (including phenoxy) is 1. The summed E-state index contributed by atoms with van der Waals surface area (Å²) in [4.78, 5) is 16.3. The van der Waals surface area contributed by atoms with Gasteiger partial charge >= 0.3 is 6.18 Å². The van der Waals surface area contributed by atoms with Crippen LogP contribution in [0.25, 0.3) is 10.3 Å². The van der Waals surface area contributed by atoms with Gasteiger partial charge in [-0.05, 0) is 36.4 Å². The van der Waals surface area contributed by atoms with Crippen molar-refractivity contribution >= 4 is 73.2 Å². The van der Waals surface area contributed by atoms with Gasteiger partial charge in [0, 0.05) is 18.8 Å². The fourth-order valence-corrected chi connectivity index (χ4v) is 5.04. The highest BCUT2D eigenvalue weighted by molar-refractivity contribution is 7.22. The van der Waals surface area contributed by atoms with E-state index in [-0.39, 0.29) is 12.7 Å². The zero-order valence-electron chi connectivity index (χ0n) is 18.9. The molecule has 0 aliphatic carbocycles. The van der Waals surface area contributed by atoms with Crippen molar-refractivity contribution in [3.05, 3.63) is 58.1 Å². The molecule has 0 amide bonds. The number of aliphatic hydroxyl groups excluding tert-OH is 1. The van der Waals surface area contributed by atoms with Crippen LogP contribution in [0.1, 0.15) is 5.56 Å². The molecule has 1 aliphatic rings. The molecule has 1 unspecified atom stereocenters. The Hall–Kier alpha value is -2.90. The van der Waals surface area contributed by atoms with Crippen LogP contribution < -0.4 is 15.5 Å². The number of rotatable bonds is 6. The summed E-state index contributed by atoms with van der Waals surface area (Å²) in [5, 5.41) is 17.0. The Morgan fingerprint density at radius 3 is 2.46 bits per heavy atom. The summed E-state index contributed by atoms with van der Waals surface area (Å²) < 4.78 is 44.5. The zero-order valence-corrected chi connectivity index (χ0v) is 21.2. The number of fused-ring (bicyclic) bond motifs is 1. The number of halogens is 5. The summed E-state index contributed by atoms with van der Waals surface area (Å²) in [5.41, 5.74) is 0.526. The van der Waals surface area contributed by atoms with E-state index in [1.165, 1.54) is 23.5 Å². The van der Waals surface area contributed by atoms with Gasteiger partial charge in [0.2, 0.25) is 5.95 Å². The van der Waals surface area contributed by atoms with Gasteiger partial charge in [0.1, 0.15) is 5.52 Å². The Kier molecular flexibility index (Phi) is 7.28. The number of hydrogen-bond donors (Lipinski definition) is 3. The molecule has 0 radical (unpaired) electrons. The van der Waals surface area contributed by atoms with E-state index < -0.39 is 11.7 Å². The lowest BCUT2D eigenvalue weighted by Crippen LogP contribution is -2.44. The van der Waals surface area contributed by atoms with Crippen LogP contribution in [0.15, 0.2) is 42.5 Å². The van der Waals surface area contributed by atoms with E-state index in [1.54, 1.807) is 18.2 Å². The van der Waals surface area contributed by atoms with E-state index in [1.807, 2.05) is 4.90 Å². The van der Waals surface area contributed by atoms with Crippen molar-refractivity contribution in [2.75, 3.05) is 41.8 Å². The molecule has 5 rings (SSSR count). The van der Waals surface area contributed by atoms with E-state index >= 15 is 0 Å². The zero-order chi connectivity index (χ0) is 26.2. The third-order valence-electron chi connectivity index (χ3n) is 5.54. The number of para-hydroxylation sites is 1. The number of nitrogens with one attached hydrogen (secondary N) is 2. The maximum Gasteiger partial charge on any atom is 0.416 e. The molecule has 1 atom stereocenters. The van der Waals surface area contributed by atoms with Gasteiger partial charge < -0.3 is 25.4 Å². The van der Waals surface area contributed by atoms with Gasteiger partial charge in [-0.1, -0.05) is 40.6 Å². The predicted molar refractivity (Wildman–Crippen MR) is 139 cm³/mol. The molecule has 0 bridgehead atoms. The highest BCUT2D eigenvalue weighted by atomic mass is 35.5. The van der Waals surface area contributed by atoms with E-state index in [0.717, 1.165) is 12.1 Å². The number of nitrogens with zero attached hydrogens (tertiary/aromatic N) is 4. The molecule has 37 heavy (non-hydrogen) atoms. The largest absolute Gasteiger partial charge is 0.416 e. The smallest absolute Gasteiger partial charge is 0.394 e. The lowest BCUT2D eigenvalue weighted by Gasteiger charge is -2.32. The number of anilines is 5. The summed E-state index contributed by atoms with van der Waals surface area (Å²) in [6.45, 7) is 1.11. The number of alkyl halides is 3. The van der Waals surface area contributed by atoms with Crippen molar-refractivity contribution in [3.8, 4) is 0 Å². The van der Waals surface area contributed by atoms with E-state index in [4.69, 9.17) is 27.9 Å². The standard InChI is InChI=1S/C23H19Cl2F3N6O2S/c24-15-2-1-3-16(25)17(15)30-22-31-18-19(29-13-6-4-12(5-7-13)23(26,27)28)32-21(33-20(18)37-22)34-8-9-36-14(10-34)11-35/h1-7,14,35H,8-11H2,(H,30,31)(H,29,32,33). The number of morpholine rings is 1. The Morgan fingerprint density at radius 1 is 1.05 bits per heavy atom. The van der Waals surface area contributed by atoms with Gasteiger partial charge in [0.15, 0.2) is 15.8 Å². The first-order chi connectivity index (χ1) is 17.7. The quantitative estimate of drug-likeness (QED) is 0.256. The molecule has 3 N–H and O–H groups in total. The van der Waals surface area contributed by atoms with Gasteiger partial charge in [-0.25, -0.2) is 4.98 Å². The average molecular weight is 571 g/mol. The Balaban J connectivity index is 1.53. The molecular formula is C23H19Cl2F3N6O2S. The van der Waals surface area contributed by atoms with Crippen LogP contribution in [0.4, 0.5) is 41.4 Å². The van der Waals surface area contributed by atoms with Crippen LogP contribution in [-0.2, 0) is 10.9 Å². The Bertz CT molecular complexity index is 1400. The topological polar surface area (TPSA) is 95.4 Å². The maximum absolute atomic E-state index is 13.0. The van der Waals surface area contributed by atoms with E-state index in [0.29, 0.717) is 68.4 Å². The molecule has 14 heteroatoms. The van der Waals surface area contributed by atoms with Gasteiger partial charge in [-0.15, -0.1) is 0 Å². The molecule has 1 saturated heterocycles. The summed E-state index contributed by atoms with van der Waals surface area (Å²) in [6.07, 6.45) is -4.83. The molecule has 0 spiro atoms. The van der Waals surface area contributed by atoms with Crippen molar-refractivity contribution in [2.24, 2.45) is 0 Å². The third-order valence-corrected chi connectivity index (χ3v) is 7.04. The average Bonchev–Trinajstić information content (AvgIpc) is 3.29. The highest BCUT2D eigenvalue weighted by Gasteiger charge is 2.30. The van der Waals surface area contributed by atoms with E-state index in [9.17, 15) is 18.3 Å². The first kappa shape index (κ1) is 25.7. The third kappa shape index (κ3) is 5.68. The minimum atomic E-state index is -4.44. The molecule has 8 nitrogen and oxygen atoms in total. The predicted octanol–water partition coefficient (Wildman–Crippen LogP) is 6.10. The normalized spacial score (nSPS) is 16.3. The molecule has 4 aromatic rings. The Labute approximate surface area is 223 Å². The highest BCUT2D eigenvalue weighted by Crippen LogP contribution is 2.38. The second-order valence-corrected chi connectivity index (χ2v) is 9.88. The minimum absolute atomic E-state index is 0.150. The van der Waals surface area contributed by atoms with Crippen LogP contribution >= 0.6 is 34.5 Å². The maximum atomic E-state index is 13.0. The van der Waals surface area contributed by atoms with Gasteiger partial charge in [0.05, 0.1) is 40.6 Å². The minimum Gasteiger partial charge on any atom is -0.394 e. The molecule has 1 aliphatic heterocycles. The van der Waals surface area contributed by atoms with Crippen molar-refractivity contribution in [2.45, 2.75) is 12.3 Å². The second kappa shape index (κ2) is 10.5. The summed E-state index contributed by atoms with van der Waals surface area (Å²) in [6, 6.07) is 9.72. The summed E-state index contributed by atoms with van der Waals surface area (Å²) in [5.74, 6) is 0.677. The molecular weight excluding hydrogens is 552 g/mol. The number of hydrogen-bond acceptors (Lipinski definition) is 9. The fraction of sp³-hybridized carbons (Fsp3) is 0.261. The monoisotopic (exact) mass is 570 g/mol. The second-order valence-electron chi connectivity index (χ2n) is 8.09. The van der Waals surface area contributed by atoms with Gasteiger partial charge in [-0.2, -0.15) is 23.1 Å². The van der Waals surface area contributed by atoms with Crippen LogP contribution in [-0.4, -0.2) is 52.5 Å². The van der Waals surface area contributed by atoms with Crippen LogP contribution in [0.2, 0.25) is 10.0 Å². The van der Waals surface area contributed by atoms with Crippen molar-refractivity contribution in [1.29, 1.82) is 0 Å². The molecule has 0 saturated carbocycles. The molecule has 2 aromatic heterocycles. The lowest BCUT2D eigenvalue weighted by molar-refractivity contribution is -0.137. The number of thiazole rings is 1. The number of benzene rings is 2. The van der Waals surface area contributed by atoms with Crippen molar-refractivity contribution in [1.82, 2.24) is 15.0 Å². The van der Waals surface area contributed by atoms with Crippen molar-refractivity contribution in [3.63, 3.8) is 0 Å². The molecule has 1 fully saturated rings. The molecule has 3 heterocycles. The van der Waals surface area contributed by atoms with Gasteiger partial charge in [-0.3, -0.25) is 0 Å².